The van der Waals surface area contributed by atoms with Crippen LogP contribution in [-0.4, -0.2) is 44.3 Å². The highest BCUT2D eigenvalue weighted by atomic mass is 127. The molecule has 0 spiro atoms. The average Bonchev–Trinajstić information content (AvgIpc) is 2.93. The van der Waals surface area contributed by atoms with E-state index in [9.17, 15) is 18.0 Å². The first-order valence-corrected chi connectivity index (χ1v) is 15.7. The summed E-state index contributed by atoms with van der Waals surface area (Å²) in [6.45, 7) is 3.74. The van der Waals surface area contributed by atoms with E-state index in [0.717, 1.165) is 14.3 Å². The van der Waals surface area contributed by atoms with Crippen LogP contribution in [0, 0.1) is 3.57 Å². The normalized spacial score (nSPS) is 12.0. The number of sulfonamides is 1. The Labute approximate surface area is 253 Å². The van der Waals surface area contributed by atoms with Crippen LogP contribution >= 0.6 is 45.8 Å². The SMILES string of the molecule is CCCNC(=O)[C@@H](CC)N(Cc1ccc(Cl)c(Cl)c1)C(=O)CN(c1ccc(I)cc1)S(=O)(=O)c1ccccc1. The molecule has 0 aromatic heterocycles. The van der Waals surface area contributed by atoms with Crippen LogP contribution in [0.5, 0.6) is 0 Å². The summed E-state index contributed by atoms with van der Waals surface area (Å²) < 4.78 is 29.5. The number of carbonyl (C=O) groups is 2. The molecule has 0 bridgehead atoms. The van der Waals surface area contributed by atoms with Gasteiger partial charge in [0, 0.05) is 16.7 Å². The summed E-state index contributed by atoms with van der Waals surface area (Å²) in [5.41, 5.74) is 0.997. The lowest BCUT2D eigenvalue weighted by atomic mass is 10.1. The van der Waals surface area contributed by atoms with Crippen LogP contribution in [0.1, 0.15) is 32.3 Å². The molecule has 39 heavy (non-hydrogen) atoms. The van der Waals surface area contributed by atoms with Crippen LogP contribution in [-0.2, 0) is 26.2 Å². The molecule has 3 rings (SSSR count). The second-order valence-corrected chi connectivity index (χ2v) is 12.7. The molecule has 3 aromatic carbocycles. The standard InChI is InChI=1S/C28H30Cl2IN3O4S/c1-3-16-32-28(36)26(4-2)33(18-20-10-15-24(29)25(30)17-20)27(35)19-34(22-13-11-21(31)12-14-22)39(37,38)23-8-6-5-7-9-23/h5-15,17,26H,3-4,16,18-19H2,1-2H3,(H,32,36)/t26-/m1/s1. The molecular formula is C28H30Cl2IN3O4S. The molecule has 0 fully saturated rings. The van der Waals surface area contributed by atoms with E-state index < -0.39 is 28.5 Å². The Kier molecular flexibility index (Phi) is 11.5. The molecule has 0 unspecified atom stereocenters. The van der Waals surface area contributed by atoms with Gasteiger partial charge in [-0.15, -0.1) is 0 Å². The second-order valence-electron chi connectivity index (χ2n) is 8.79. The Morgan fingerprint density at radius 1 is 0.949 bits per heavy atom. The molecule has 0 aliphatic rings. The Morgan fingerprint density at radius 2 is 1.62 bits per heavy atom. The summed E-state index contributed by atoms with van der Waals surface area (Å²) in [6.07, 6.45) is 1.07. The maximum atomic E-state index is 14.0. The second kappa shape index (κ2) is 14.3. The molecule has 11 heteroatoms. The van der Waals surface area contributed by atoms with Gasteiger partial charge >= 0.3 is 0 Å². The van der Waals surface area contributed by atoms with Gasteiger partial charge < -0.3 is 10.2 Å². The molecule has 0 aliphatic heterocycles. The number of hydrogen-bond donors (Lipinski definition) is 1. The number of anilines is 1. The lowest BCUT2D eigenvalue weighted by Gasteiger charge is -2.33. The van der Waals surface area contributed by atoms with Gasteiger partial charge in [-0.05, 0) is 89.5 Å². The van der Waals surface area contributed by atoms with E-state index in [1.165, 1.54) is 17.0 Å². The van der Waals surface area contributed by atoms with Crippen LogP contribution < -0.4 is 9.62 Å². The van der Waals surface area contributed by atoms with Crippen LogP contribution in [0.3, 0.4) is 0 Å². The van der Waals surface area contributed by atoms with E-state index in [0.29, 0.717) is 34.3 Å². The average molecular weight is 702 g/mol. The van der Waals surface area contributed by atoms with Gasteiger partial charge in [0.15, 0.2) is 0 Å². The number of hydrogen-bond acceptors (Lipinski definition) is 4. The van der Waals surface area contributed by atoms with Crippen LogP contribution in [0.15, 0.2) is 77.7 Å². The number of benzene rings is 3. The zero-order valence-electron chi connectivity index (χ0n) is 21.6. The fourth-order valence-corrected chi connectivity index (χ4v) is 6.09. The predicted octanol–water partition coefficient (Wildman–Crippen LogP) is 6.13. The molecule has 1 N–H and O–H groups in total. The van der Waals surface area contributed by atoms with Crippen LogP contribution in [0.25, 0.3) is 0 Å². The Bertz CT molecular complexity index is 1390. The molecular weight excluding hydrogens is 672 g/mol. The van der Waals surface area contributed by atoms with E-state index in [-0.39, 0.29) is 17.3 Å². The predicted molar refractivity (Wildman–Crippen MR) is 165 cm³/mol. The molecule has 0 saturated heterocycles. The molecule has 7 nitrogen and oxygen atoms in total. The maximum absolute atomic E-state index is 14.0. The van der Waals surface area contributed by atoms with Crippen molar-refractivity contribution in [3.05, 3.63) is 92.0 Å². The van der Waals surface area contributed by atoms with Crippen molar-refractivity contribution in [1.82, 2.24) is 10.2 Å². The highest BCUT2D eigenvalue weighted by Crippen LogP contribution is 2.27. The van der Waals surface area contributed by atoms with Gasteiger partial charge in [-0.3, -0.25) is 13.9 Å². The molecule has 0 saturated carbocycles. The summed E-state index contributed by atoms with van der Waals surface area (Å²) in [5.74, 6) is -0.836. The minimum Gasteiger partial charge on any atom is -0.354 e. The minimum atomic E-state index is -4.10. The van der Waals surface area contributed by atoms with Crippen molar-refractivity contribution in [1.29, 1.82) is 0 Å². The van der Waals surface area contributed by atoms with Gasteiger partial charge in [-0.25, -0.2) is 8.42 Å². The maximum Gasteiger partial charge on any atom is 0.264 e. The van der Waals surface area contributed by atoms with Crippen molar-refractivity contribution in [3.8, 4) is 0 Å². The first kappa shape index (κ1) is 31.2. The van der Waals surface area contributed by atoms with Gasteiger partial charge in [0.2, 0.25) is 11.8 Å². The Morgan fingerprint density at radius 3 is 2.21 bits per heavy atom. The molecule has 1 atom stereocenters. The van der Waals surface area contributed by atoms with Gasteiger partial charge in [-0.2, -0.15) is 0 Å². The first-order chi connectivity index (χ1) is 18.6. The van der Waals surface area contributed by atoms with E-state index in [1.807, 2.05) is 13.8 Å². The topological polar surface area (TPSA) is 86.8 Å². The van der Waals surface area contributed by atoms with Crippen molar-refractivity contribution >= 4 is 73.3 Å². The first-order valence-electron chi connectivity index (χ1n) is 12.4. The summed E-state index contributed by atoms with van der Waals surface area (Å²) in [6, 6.07) is 19.0. The number of nitrogens with zero attached hydrogens (tertiary/aromatic N) is 2. The lowest BCUT2D eigenvalue weighted by molar-refractivity contribution is -0.140. The highest BCUT2D eigenvalue weighted by Gasteiger charge is 2.33. The van der Waals surface area contributed by atoms with Gasteiger partial charge in [0.05, 0.1) is 20.6 Å². The zero-order valence-corrected chi connectivity index (χ0v) is 26.1. The summed E-state index contributed by atoms with van der Waals surface area (Å²) in [5, 5.41) is 3.54. The molecule has 2 amide bonds. The summed E-state index contributed by atoms with van der Waals surface area (Å²) in [4.78, 5) is 28.6. The number of amides is 2. The monoisotopic (exact) mass is 701 g/mol. The fourth-order valence-electron chi connectivity index (χ4n) is 3.98. The number of halogens is 3. The van der Waals surface area contributed by atoms with Crippen LogP contribution in [0.2, 0.25) is 10.0 Å². The third-order valence-corrected chi connectivity index (χ3v) is 9.24. The Hall–Kier alpha value is -2.34. The smallest absolute Gasteiger partial charge is 0.264 e. The van der Waals surface area contributed by atoms with E-state index in [2.05, 4.69) is 27.9 Å². The van der Waals surface area contributed by atoms with E-state index in [1.54, 1.807) is 60.7 Å². The van der Waals surface area contributed by atoms with Gasteiger partial charge in [-0.1, -0.05) is 61.3 Å². The van der Waals surface area contributed by atoms with E-state index in [4.69, 9.17) is 23.2 Å². The Balaban J connectivity index is 2.04. The van der Waals surface area contributed by atoms with Gasteiger partial charge in [0.1, 0.15) is 12.6 Å². The van der Waals surface area contributed by atoms with Crippen LogP contribution in [0.4, 0.5) is 5.69 Å². The molecule has 3 aromatic rings. The number of carbonyl (C=O) groups excluding carboxylic acids is 2. The quantitative estimate of drug-likeness (QED) is 0.231. The van der Waals surface area contributed by atoms with E-state index >= 15 is 0 Å². The lowest BCUT2D eigenvalue weighted by Crippen LogP contribution is -2.52. The number of rotatable bonds is 12. The number of nitrogens with one attached hydrogen (secondary N) is 1. The molecule has 0 radical (unpaired) electrons. The highest BCUT2D eigenvalue weighted by molar-refractivity contribution is 14.1. The van der Waals surface area contributed by atoms with Crippen molar-refractivity contribution < 1.29 is 18.0 Å². The third-order valence-electron chi connectivity index (χ3n) is 6.00. The zero-order chi connectivity index (χ0) is 28.6. The van der Waals surface area contributed by atoms with Crippen molar-refractivity contribution in [2.75, 3.05) is 17.4 Å². The van der Waals surface area contributed by atoms with Crippen molar-refractivity contribution in [3.63, 3.8) is 0 Å². The fraction of sp³-hybridized carbons (Fsp3) is 0.286. The molecule has 208 valence electrons. The summed E-state index contributed by atoms with van der Waals surface area (Å²) >= 11 is 14.4. The third kappa shape index (κ3) is 8.09. The van der Waals surface area contributed by atoms with Crippen molar-refractivity contribution in [2.45, 2.75) is 44.2 Å². The largest absolute Gasteiger partial charge is 0.354 e. The molecule has 0 aliphatic carbocycles. The molecule has 0 heterocycles. The summed E-state index contributed by atoms with van der Waals surface area (Å²) in [7, 11) is -4.10. The minimum absolute atomic E-state index is 0.0414. The van der Waals surface area contributed by atoms with Gasteiger partial charge in [0.25, 0.3) is 10.0 Å². The van der Waals surface area contributed by atoms with Crippen molar-refractivity contribution in [2.24, 2.45) is 0 Å².